The third kappa shape index (κ3) is 4.22. The van der Waals surface area contributed by atoms with E-state index in [0.717, 1.165) is 5.52 Å². The van der Waals surface area contributed by atoms with Gasteiger partial charge in [0, 0.05) is 11.0 Å². The first kappa shape index (κ1) is 20.0. The molecule has 1 amide bonds. The van der Waals surface area contributed by atoms with Crippen molar-refractivity contribution >= 4 is 65.0 Å². The third-order valence-electron chi connectivity index (χ3n) is 3.65. The quantitative estimate of drug-likeness (QED) is 0.570. The molecule has 6 nitrogen and oxygen atoms in total. The number of thiazole rings is 1. The van der Waals surface area contributed by atoms with Gasteiger partial charge in [0.05, 0.1) is 25.7 Å². The van der Waals surface area contributed by atoms with Crippen LogP contribution in [0, 0.1) is 0 Å². The Kier molecular flexibility index (Phi) is 5.68. The van der Waals surface area contributed by atoms with E-state index in [1.165, 1.54) is 23.5 Å². The molecule has 0 saturated heterocycles. The summed E-state index contributed by atoms with van der Waals surface area (Å²) in [4.78, 5) is 17.2. The normalized spacial score (nSPS) is 12.5. The Morgan fingerprint density at radius 3 is 2.74 bits per heavy atom. The fourth-order valence-corrected chi connectivity index (χ4v) is 4.68. The Bertz CT molecular complexity index is 1250. The molecule has 0 radical (unpaired) electrons. The third-order valence-corrected chi connectivity index (χ3v) is 6.43. The van der Waals surface area contributed by atoms with Crippen LogP contribution in [0.2, 0.25) is 5.02 Å². The lowest BCUT2D eigenvalue weighted by atomic mass is 10.2. The number of amides is 1. The van der Waals surface area contributed by atoms with Gasteiger partial charge in [0.15, 0.2) is 4.80 Å². The highest BCUT2D eigenvalue weighted by Gasteiger charge is 2.14. The molecule has 0 fully saturated rings. The monoisotopic (exact) mass is 485 g/mol. The average Bonchev–Trinajstić information content (AvgIpc) is 2.93. The lowest BCUT2D eigenvalue weighted by Gasteiger charge is -2.03. The van der Waals surface area contributed by atoms with Crippen LogP contribution in [0.3, 0.4) is 0 Å². The average molecular weight is 487 g/mol. The van der Waals surface area contributed by atoms with Crippen molar-refractivity contribution in [3.8, 4) is 0 Å². The second-order valence-corrected chi connectivity index (χ2v) is 9.39. The minimum Gasteiger partial charge on any atom is -0.312 e. The van der Waals surface area contributed by atoms with Crippen LogP contribution >= 0.6 is 38.9 Å². The van der Waals surface area contributed by atoms with Gasteiger partial charge in [-0.1, -0.05) is 44.9 Å². The van der Waals surface area contributed by atoms with Gasteiger partial charge in [0.25, 0.3) is 5.91 Å². The number of hydrogen-bond donors (Lipinski definition) is 1. The maximum atomic E-state index is 12.6. The van der Waals surface area contributed by atoms with Gasteiger partial charge in [0.1, 0.15) is 0 Å². The van der Waals surface area contributed by atoms with Crippen molar-refractivity contribution in [2.75, 3.05) is 0 Å². The summed E-state index contributed by atoms with van der Waals surface area (Å²) in [7, 11) is -3.83. The number of nitrogens with two attached hydrogens (primary N) is 1. The van der Waals surface area contributed by atoms with E-state index >= 15 is 0 Å². The molecule has 27 heavy (non-hydrogen) atoms. The molecule has 10 heteroatoms. The van der Waals surface area contributed by atoms with E-state index < -0.39 is 15.9 Å². The zero-order valence-corrected chi connectivity index (χ0v) is 17.7. The zero-order chi connectivity index (χ0) is 19.8. The van der Waals surface area contributed by atoms with Crippen LogP contribution in [-0.2, 0) is 16.6 Å². The highest BCUT2D eigenvalue weighted by Crippen LogP contribution is 2.23. The summed E-state index contributed by atoms with van der Waals surface area (Å²) in [6, 6.07) is 9.44. The van der Waals surface area contributed by atoms with Gasteiger partial charge < -0.3 is 4.57 Å². The predicted molar refractivity (Wildman–Crippen MR) is 110 cm³/mol. The van der Waals surface area contributed by atoms with Crippen LogP contribution in [0.15, 0.2) is 63.4 Å². The van der Waals surface area contributed by atoms with Crippen LogP contribution in [0.5, 0.6) is 0 Å². The van der Waals surface area contributed by atoms with E-state index in [0.29, 0.717) is 25.5 Å². The van der Waals surface area contributed by atoms with Crippen molar-refractivity contribution in [1.82, 2.24) is 4.57 Å². The van der Waals surface area contributed by atoms with Crippen molar-refractivity contribution in [2.45, 2.75) is 11.4 Å². The number of benzene rings is 2. The molecule has 0 aliphatic heterocycles. The number of fused-ring (bicyclic) bond motifs is 1. The first-order valence-electron chi connectivity index (χ1n) is 7.52. The van der Waals surface area contributed by atoms with E-state index in [4.69, 9.17) is 16.7 Å². The van der Waals surface area contributed by atoms with Gasteiger partial charge in [-0.3, -0.25) is 4.79 Å². The number of nitrogens with zero attached hydrogens (tertiary/aromatic N) is 2. The van der Waals surface area contributed by atoms with E-state index in [-0.39, 0.29) is 10.5 Å². The minimum atomic E-state index is -3.83. The van der Waals surface area contributed by atoms with Gasteiger partial charge in [0.2, 0.25) is 10.0 Å². The molecule has 1 heterocycles. The van der Waals surface area contributed by atoms with E-state index in [2.05, 4.69) is 27.5 Å². The van der Waals surface area contributed by atoms with Gasteiger partial charge >= 0.3 is 0 Å². The number of sulfonamides is 1. The van der Waals surface area contributed by atoms with Crippen molar-refractivity contribution in [2.24, 2.45) is 10.1 Å². The molecule has 0 bridgehead atoms. The lowest BCUT2D eigenvalue weighted by molar-refractivity contribution is 0.0998. The molecule has 0 aliphatic rings. The molecule has 0 atom stereocenters. The first-order chi connectivity index (χ1) is 12.7. The Hall–Kier alpha value is -1.78. The molecule has 140 valence electrons. The largest absolute Gasteiger partial charge is 0.312 e. The minimum absolute atomic E-state index is 0.00471. The molecular weight excluding hydrogens is 474 g/mol. The van der Waals surface area contributed by atoms with Crippen LogP contribution < -0.4 is 9.94 Å². The fourth-order valence-electron chi connectivity index (χ4n) is 2.43. The lowest BCUT2D eigenvalue weighted by Crippen LogP contribution is -2.16. The topological polar surface area (TPSA) is 94.5 Å². The van der Waals surface area contributed by atoms with Crippen LogP contribution in [0.1, 0.15) is 10.4 Å². The summed E-state index contributed by atoms with van der Waals surface area (Å²) >= 11 is 10.6. The van der Waals surface area contributed by atoms with E-state index in [9.17, 15) is 13.2 Å². The van der Waals surface area contributed by atoms with Gasteiger partial charge in [-0.25, -0.2) is 13.6 Å². The van der Waals surface area contributed by atoms with Crippen molar-refractivity contribution in [3.63, 3.8) is 0 Å². The summed E-state index contributed by atoms with van der Waals surface area (Å²) in [6.07, 6.45) is 1.66. The second-order valence-electron chi connectivity index (χ2n) is 5.50. The molecule has 0 aliphatic carbocycles. The Labute approximate surface area is 172 Å². The highest BCUT2D eigenvalue weighted by molar-refractivity contribution is 9.10. The molecule has 1 aromatic heterocycles. The molecule has 3 aromatic rings. The smallest absolute Gasteiger partial charge is 0.281 e. The predicted octanol–water partition coefficient (Wildman–Crippen LogP) is 3.69. The van der Waals surface area contributed by atoms with Gasteiger partial charge in [-0.05, 0) is 36.4 Å². The first-order valence-corrected chi connectivity index (χ1v) is 11.1. The molecule has 0 unspecified atom stereocenters. The Morgan fingerprint density at radius 1 is 1.33 bits per heavy atom. The van der Waals surface area contributed by atoms with Gasteiger partial charge in [-0.15, -0.1) is 6.58 Å². The fraction of sp³-hybridized carbons (Fsp3) is 0.0588. The highest BCUT2D eigenvalue weighted by atomic mass is 79.9. The molecule has 2 aromatic carbocycles. The maximum Gasteiger partial charge on any atom is 0.281 e. The number of primary sulfonamides is 1. The summed E-state index contributed by atoms with van der Waals surface area (Å²) in [6.45, 7) is 4.11. The van der Waals surface area contributed by atoms with E-state index in [1.807, 2.05) is 0 Å². The number of allylic oxidation sites excluding steroid dienone is 1. The number of aromatic nitrogens is 1. The standard InChI is InChI=1S/C17H13BrClN3O3S2/c1-2-7-22-14-6-4-11(27(20,24)25)9-15(14)26-17(22)21-16(23)12-8-10(18)3-5-13(12)19/h2-6,8-9H,1,7H2,(H2,20,24,25). The maximum absolute atomic E-state index is 12.6. The number of carbonyl (C=O) groups is 1. The second kappa shape index (κ2) is 7.69. The summed E-state index contributed by atoms with van der Waals surface area (Å²) in [5.74, 6) is -0.502. The van der Waals surface area contributed by atoms with Crippen molar-refractivity contribution in [1.29, 1.82) is 0 Å². The number of carbonyl (C=O) groups excluding carboxylic acids is 1. The summed E-state index contributed by atoms with van der Waals surface area (Å²) < 4.78 is 26.3. The van der Waals surface area contributed by atoms with Crippen molar-refractivity contribution in [3.05, 3.63) is 68.9 Å². The van der Waals surface area contributed by atoms with Crippen LogP contribution in [0.4, 0.5) is 0 Å². The molecule has 3 rings (SSSR count). The Morgan fingerprint density at radius 2 is 2.07 bits per heavy atom. The summed E-state index contributed by atoms with van der Waals surface area (Å²) in [5.41, 5.74) is 0.984. The Balaban J connectivity index is 2.21. The molecule has 0 spiro atoms. The number of rotatable bonds is 4. The number of hydrogen-bond acceptors (Lipinski definition) is 4. The van der Waals surface area contributed by atoms with E-state index in [1.54, 1.807) is 34.9 Å². The number of halogens is 2. The van der Waals surface area contributed by atoms with Crippen LogP contribution in [0.25, 0.3) is 10.2 Å². The van der Waals surface area contributed by atoms with Crippen molar-refractivity contribution < 1.29 is 13.2 Å². The zero-order valence-electron chi connectivity index (χ0n) is 13.7. The van der Waals surface area contributed by atoms with Gasteiger partial charge in [-0.2, -0.15) is 4.99 Å². The molecule has 0 saturated carbocycles. The molecule has 2 N–H and O–H groups in total. The summed E-state index contributed by atoms with van der Waals surface area (Å²) in [5, 5.41) is 5.49. The SMILES string of the molecule is C=CCn1c(=NC(=O)c2cc(Br)ccc2Cl)sc2cc(S(N)(=O)=O)ccc21. The molecular formula is C17H13BrClN3O3S2. The van der Waals surface area contributed by atoms with Crippen LogP contribution in [-0.4, -0.2) is 18.9 Å².